The summed E-state index contributed by atoms with van der Waals surface area (Å²) in [7, 11) is 0. The summed E-state index contributed by atoms with van der Waals surface area (Å²) in [5.41, 5.74) is 6.21. The van der Waals surface area contributed by atoms with E-state index in [0.717, 1.165) is 10.6 Å². The molecule has 0 unspecified atom stereocenters. The highest BCUT2D eigenvalue weighted by Gasteiger charge is 2.04. The van der Waals surface area contributed by atoms with E-state index < -0.39 is 0 Å². The second-order valence-electron chi connectivity index (χ2n) is 2.93. The van der Waals surface area contributed by atoms with Gasteiger partial charge in [0.2, 0.25) is 0 Å². The molecular weight excluding hydrogens is 198 g/mol. The Morgan fingerprint density at radius 1 is 1.57 bits per heavy atom. The molecule has 74 valence electrons. The minimum atomic E-state index is -0.0288. The number of hydrogen-bond donors (Lipinski definition) is 2. The molecule has 0 saturated carbocycles. The van der Waals surface area contributed by atoms with Crippen LogP contribution in [0.1, 0.15) is 0 Å². The van der Waals surface area contributed by atoms with Crippen molar-refractivity contribution < 1.29 is 0 Å². The first-order chi connectivity index (χ1) is 6.81. The van der Waals surface area contributed by atoms with Gasteiger partial charge in [-0.3, -0.25) is 14.6 Å². The van der Waals surface area contributed by atoms with E-state index >= 15 is 0 Å². The van der Waals surface area contributed by atoms with E-state index in [1.165, 1.54) is 4.68 Å². The number of nitrogens with zero attached hydrogens (tertiary/aromatic N) is 1. The maximum Gasteiger partial charge on any atom is 0.267 e. The van der Waals surface area contributed by atoms with E-state index in [1.54, 1.807) is 17.4 Å². The summed E-state index contributed by atoms with van der Waals surface area (Å²) in [5, 5.41) is 5.00. The van der Waals surface area contributed by atoms with E-state index in [4.69, 9.17) is 5.73 Å². The van der Waals surface area contributed by atoms with Gasteiger partial charge in [0.15, 0.2) is 0 Å². The Morgan fingerprint density at radius 2 is 2.43 bits per heavy atom. The van der Waals surface area contributed by atoms with Gasteiger partial charge in [-0.1, -0.05) is 6.07 Å². The summed E-state index contributed by atoms with van der Waals surface area (Å²) in [6, 6.07) is 5.53. The summed E-state index contributed by atoms with van der Waals surface area (Å²) in [6.45, 7) is 0.995. The normalized spacial score (nSPS) is 10.6. The summed E-state index contributed by atoms with van der Waals surface area (Å²) in [5.74, 6) is 0. The lowest BCUT2D eigenvalue weighted by molar-refractivity contribution is 0.608. The molecule has 2 aromatic rings. The Kier molecular flexibility index (Phi) is 2.51. The van der Waals surface area contributed by atoms with Crippen LogP contribution in [-0.4, -0.2) is 16.3 Å². The van der Waals surface area contributed by atoms with Gasteiger partial charge in [0.05, 0.1) is 17.1 Å². The van der Waals surface area contributed by atoms with Crippen molar-refractivity contribution in [1.82, 2.24) is 9.78 Å². The molecule has 3 N–H and O–H groups in total. The van der Waals surface area contributed by atoms with Gasteiger partial charge in [-0.15, -0.1) is 11.3 Å². The fourth-order valence-electron chi connectivity index (χ4n) is 1.29. The zero-order valence-electron chi connectivity index (χ0n) is 7.56. The molecule has 14 heavy (non-hydrogen) atoms. The van der Waals surface area contributed by atoms with Gasteiger partial charge < -0.3 is 5.73 Å². The van der Waals surface area contributed by atoms with Crippen molar-refractivity contribution >= 4 is 11.3 Å². The lowest BCUT2D eigenvalue weighted by Crippen LogP contribution is -2.20. The number of rotatable bonds is 3. The Balaban J connectivity index is 2.38. The van der Waals surface area contributed by atoms with Crippen LogP contribution in [0.2, 0.25) is 0 Å². The first-order valence-corrected chi connectivity index (χ1v) is 5.23. The Bertz CT molecular complexity index is 455. The van der Waals surface area contributed by atoms with Gasteiger partial charge in [-0.2, -0.15) is 0 Å². The molecule has 0 fully saturated rings. The highest BCUT2D eigenvalue weighted by molar-refractivity contribution is 7.13. The first kappa shape index (κ1) is 9.23. The fourth-order valence-corrected chi connectivity index (χ4v) is 1.98. The summed E-state index contributed by atoms with van der Waals surface area (Å²) >= 11 is 1.60. The molecule has 0 spiro atoms. The zero-order chi connectivity index (χ0) is 9.97. The van der Waals surface area contributed by atoms with Crippen LogP contribution in [0.3, 0.4) is 0 Å². The largest absolute Gasteiger partial charge is 0.329 e. The lowest BCUT2D eigenvalue weighted by atomic mass is 10.3. The van der Waals surface area contributed by atoms with E-state index in [9.17, 15) is 4.79 Å². The predicted molar refractivity (Wildman–Crippen MR) is 57.4 cm³/mol. The average Bonchev–Trinajstić information content (AvgIpc) is 2.76. The molecule has 0 bridgehead atoms. The molecule has 0 atom stereocenters. The Hall–Kier alpha value is -1.33. The quantitative estimate of drug-likeness (QED) is 0.787. The van der Waals surface area contributed by atoms with E-state index in [1.807, 2.05) is 17.5 Å². The topological polar surface area (TPSA) is 63.8 Å². The van der Waals surface area contributed by atoms with Gasteiger partial charge in [0.25, 0.3) is 5.56 Å². The van der Waals surface area contributed by atoms with E-state index in [-0.39, 0.29) is 5.56 Å². The third-order valence-electron chi connectivity index (χ3n) is 1.93. The average molecular weight is 209 g/mol. The van der Waals surface area contributed by atoms with E-state index in [2.05, 4.69) is 5.10 Å². The van der Waals surface area contributed by atoms with Gasteiger partial charge in [0.1, 0.15) is 0 Å². The molecule has 2 heterocycles. The van der Waals surface area contributed by atoms with Crippen molar-refractivity contribution in [2.24, 2.45) is 5.73 Å². The summed E-state index contributed by atoms with van der Waals surface area (Å²) in [4.78, 5) is 12.5. The third kappa shape index (κ3) is 1.64. The highest BCUT2D eigenvalue weighted by Crippen LogP contribution is 2.20. The number of nitrogens with two attached hydrogens (primary N) is 1. The van der Waals surface area contributed by atoms with Gasteiger partial charge >= 0.3 is 0 Å². The minimum absolute atomic E-state index is 0.0288. The molecule has 0 aromatic carbocycles. The molecule has 4 nitrogen and oxygen atoms in total. The monoisotopic (exact) mass is 209 g/mol. The van der Waals surface area contributed by atoms with Crippen LogP contribution < -0.4 is 11.3 Å². The van der Waals surface area contributed by atoms with Crippen LogP contribution in [0.15, 0.2) is 28.4 Å². The van der Waals surface area contributed by atoms with E-state index in [0.29, 0.717) is 13.1 Å². The van der Waals surface area contributed by atoms with Crippen molar-refractivity contribution in [1.29, 1.82) is 0 Å². The molecule has 0 radical (unpaired) electrons. The smallest absolute Gasteiger partial charge is 0.267 e. The first-order valence-electron chi connectivity index (χ1n) is 4.35. The zero-order valence-corrected chi connectivity index (χ0v) is 8.38. The van der Waals surface area contributed by atoms with Crippen LogP contribution in [0, 0.1) is 0 Å². The highest BCUT2D eigenvalue weighted by atomic mass is 32.1. The molecule has 0 aliphatic rings. The standard InChI is InChI=1S/C9H11N3OS/c10-3-4-12-9(13)6-7(11-12)8-2-1-5-14-8/h1-2,5-6,11H,3-4,10H2. The second-order valence-corrected chi connectivity index (χ2v) is 3.87. The fraction of sp³-hybridized carbons (Fsp3) is 0.222. The molecule has 0 aliphatic carbocycles. The maximum atomic E-state index is 11.4. The summed E-state index contributed by atoms with van der Waals surface area (Å²) < 4.78 is 1.52. The third-order valence-corrected chi connectivity index (χ3v) is 2.83. The van der Waals surface area contributed by atoms with Crippen molar-refractivity contribution in [2.75, 3.05) is 6.54 Å². The van der Waals surface area contributed by atoms with Crippen molar-refractivity contribution in [3.8, 4) is 10.6 Å². The second kappa shape index (κ2) is 3.81. The number of thiophene rings is 1. The molecule has 2 aromatic heterocycles. The number of nitrogens with one attached hydrogen (secondary N) is 1. The van der Waals surface area contributed by atoms with Crippen LogP contribution in [-0.2, 0) is 6.54 Å². The van der Waals surface area contributed by atoms with Crippen LogP contribution in [0.4, 0.5) is 0 Å². The molecule has 0 amide bonds. The molecule has 2 rings (SSSR count). The minimum Gasteiger partial charge on any atom is -0.329 e. The maximum absolute atomic E-state index is 11.4. The molecule has 5 heteroatoms. The SMILES string of the molecule is NCCn1[nH]c(-c2cccs2)cc1=O. The van der Waals surface area contributed by atoms with Crippen molar-refractivity contribution in [3.05, 3.63) is 33.9 Å². The predicted octanol–water partition coefficient (Wildman–Crippen LogP) is 0.864. The number of hydrogen-bond acceptors (Lipinski definition) is 3. The molecule has 0 aliphatic heterocycles. The number of aromatic nitrogens is 2. The van der Waals surface area contributed by atoms with Crippen LogP contribution in [0.25, 0.3) is 10.6 Å². The van der Waals surface area contributed by atoms with Gasteiger partial charge in [0, 0.05) is 12.6 Å². The van der Waals surface area contributed by atoms with Gasteiger partial charge in [-0.05, 0) is 11.4 Å². The number of H-pyrrole nitrogens is 1. The Labute approximate surface area is 85.0 Å². The van der Waals surface area contributed by atoms with Crippen molar-refractivity contribution in [3.63, 3.8) is 0 Å². The molecule has 0 saturated heterocycles. The van der Waals surface area contributed by atoms with Crippen molar-refractivity contribution in [2.45, 2.75) is 6.54 Å². The lowest BCUT2D eigenvalue weighted by Gasteiger charge is -1.97. The Morgan fingerprint density at radius 3 is 3.07 bits per heavy atom. The molecular formula is C9H11N3OS. The number of aromatic amines is 1. The van der Waals surface area contributed by atoms with Crippen LogP contribution in [0.5, 0.6) is 0 Å². The summed E-state index contributed by atoms with van der Waals surface area (Å²) in [6.07, 6.45) is 0. The van der Waals surface area contributed by atoms with Gasteiger partial charge in [-0.25, -0.2) is 0 Å². The van der Waals surface area contributed by atoms with Crippen LogP contribution >= 0.6 is 11.3 Å².